The van der Waals surface area contributed by atoms with Crippen LogP contribution in [0.1, 0.15) is 36.1 Å². The van der Waals surface area contributed by atoms with Crippen LogP contribution < -0.4 is 11.0 Å². The number of nitrogens with one attached hydrogen (secondary N) is 1. The number of fused-ring (bicyclic) bond motifs is 1. The molecule has 1 aliphatic heterocycles. The van der Waals surface area contributed by atoms with Crippen LogP contribution in [0.2, 0.25) is 5.02 Å². The normalized spacial score (nSPS) is 16.6. The molecule has 12 heteroatoms. The van der Waals surface area contributed by atoms with Crippen LogP contribution in [-0.2, 0) is 35.1 Å². The van der Waals surface area contributed by atoms with Gasteiger partial charge in [0.05, 0.1) is 35.2 Å². The molecule has 0 saturated carbocycles. The molecule has 196 valence electrons. The first-order valence-corrected chi connectivity index (χ1v) is 13.3. The number of alkyl halides is 3. The molecule has 2 aliphatic rings. The number of ether oxygens (including phenoxy) is 1. The second kappa shape index (κ2) is 12.0. The fraction of sp³-hybridized carbons (Fsp3) is 0.542. The zero-order valence-corrected chi connectivity index (χ0v) is 21.3. The van der Waals surface area contributed by atoms with Crippen molar-refractivity contribution < 1.29 is 22.7 Å². The minimum atomic E-state index is -4.55. The third-order valence-electron chi connectivity index (χ3n) is 6.32. The van der Waals surface area contributed by atoms with E-state index in [1.807, 2.05) is 0 Å². The fourth-order valence-corrected chi connectivity index (χ4v) is 5.53. The molecule has 1 amide bonds. The summed E-state index contributed by atoms with van der Waals surface area (Å²) in [6, 6.07) is 2.77. The first-order chi connectivity index (χ1) is 17.2. The van der Waals surface area contributed by atoms with Crippen LogP contribution in [-0.4, -0.2) is 59.0 Å². The van der Waals surface area contributed by atoms with Crippen LogP contribution in [0.15, 0.2) is 28.0 Å². The summed E-state index contributed by atoms with van der Waals surface area (Å²) < 4.78 is 46.2. The maximum Gasteiger partial charge on any atom is 0.416 e. The number of benzene rings is 1. The largest absolute Gasteiger partial charge is 0.416 e. The Kier molecular flexibility index (Phi) is 8.97. The number of nitrogens with zero attached hydrogens (tertiary/aromatic N) is 3. The van der Waals surface area contributed by atoms with E-state index in [4.69, 9.17) is 16.3 Å². The Morgan fingerprint density at radius 1 is 1.17 bits per heavy atom. The molecule has 36 heavy (non-hydrogen) atoms. The molecule has 2 heterocycles. The molecule has 1 aromatic heterocycles. The number of anilines is 1. The van der Waals surface area contributed by atoms with Gasteiger partial charge in [0.2, 0.25) is 5.91 Å². The molecule has 1 aliphatic carbocycles. The SMILES string of the molecule is O=C(CSc1nc(=O)n(CCCN2CCOCC2)c2c1CCCC2)Nc1cc(C(F)(F)F)ccc1Cl. The standard InChI is InChI=1S/C24H28ClF3N4O3S/c25-18-7-6-16(24(26,27)28)14-19(18)29-21(33)15-36-22-17-4-1-2-5-20(17)32(23(34)30-22)9-3-8-31-10-12-35-13-11-31/h6-7,14H,1-5,8-13,15H2,(H,29,33). The van der Waals surface area contributed by atoms with Crippen molar-refractivity contribution in [2.45, 2.75) is 49.9 Å². The van der Waals surface area contributed by atoms with Crippen molar-refractivity contribution in [1.29, 1.82) is 0 Å². The molecule has 1 aromatic carbocycles. The van der Waals surface area contributed by atoms with E-state index in [0.717, 1.165) is 106 Å². The Bertz CT molecular complexity index is 1150. The first-order valence-electron chi connectivity index (χ1n) is 11.9. The lowest BCUT2D eigenvalue weighted by Gasteiger charge is -2.27. The third kappa shape index (κ3) is 6.81. The second-order valence-corrected chi connectivity index (χ2v) is 10.2. The van der Waals surface area contributed by atoms with E-state index in [9.17, 15) is 22.8 Å². The molecule has 0 atom stereocenters. The lowest BCUT2D eigenvalue weighted by Crippen LogP contribution is -2.38. The highest BCUT2D eigenvalue weighted by Crippen LogP contribution is 2.34. The van der Waals surface area contributed by atoms with Gasteiger partial charge in [-0.05, 0) is 50.3 Å². The minimum Gasteiger partial charge on any atom is -0.379 e. The van der Waals surface area contributed by atoms with Crippen LogP contribution in [0, 0.1) is 0 Å². The number of carbonyl (C=O) groups is 1. The quantitative estimate of drug-likeness (QED) is 0.396. The van der Waals surface area contributed by atoms with Gasteiger partial charge >= 0.3 is 11.9 Å². The number of halogens is 4. The van der Waals surface area contributed by atoms with Crippen molar-refractivity contribution in [3.63, 3.8) is 0 Å². The number of carbonyl (C=O) groups excluding carboxylic acids is 1. The molecule has 1 fully saturated rings. The molecule has 0 bridgehead atoms. The van der Waals surface area contributed by atoms with Gasteiger partial charge in [0.25, 0.3) is 0 Å². The maximum atomic E-state index is 13.0. The number of thioether (sulfide) groups is 1. The number of hydrogen-bond acceptors (Lipinski definition) is 6. The van der Waals surface area contributed by atoms with Crippen molar-refractivity contribution in [1.82, 2.24) is 14.5 Å². The van der Waals surface area contributed by atoms with E-state index in [2.05, 4.69) is 15.2 Å². The van der Waals surface area contributed by atoms with E-state index in [1.165, 1.54) is 0 Å². The van der Waals surface area contributed by atoms with E-state index < -0.39 is 17.6 Å². The monoisotopic (exact) mass is 544 g/mol. The predicted molar refractivity (Wildman–Crippen MR) is 133 cm³/mol. The van der Waals surface area contributed by atoms with Crippen molar-refractivity contribution >= 4 is 35.0 Å². The highest BCUT2D eigenvalue weighted by Gasteiger charge is 2.31. The zero-order chi connectivity index (χ0) is 25.7. The van der Waals surface area contributed by atoms with E-state index in [1.54, 1.807) is 4.57 Å². The van der Waals surface area contributed by atoms with Gasteiger partial charge in [-0.1, -0.05) is 23.4 Å². The molecule has 1 saturated heterocycles. The number of morpholine rings is 1. The van der Waals surface area contributed by atoms with Crippen molar-refractivity contribution in [3.05, 3.63) is 50.5 Å². The van der Waals surface area contributed by atoms with Gasteiger partial charge in [0.1, 0.15) is 5.03 Å². The number of aromatic nitrogens is 2. The second-order valence-electron chi connectivity index (χ2n) is 8.82. The van der Waals surface area contributed by atoms with Crippen LogP contribution in [0.25, 0.3) is 0 Å². The summed E-state index contributed by atoms with van der Waals surface area (Å²) in [6.07, 6.45) is -0.201. The third-order valence-corrected chi connectivity index (χ3v) is 7.67. The van der Waals surface area contributed by atoms with Gasteiger partial charge in [-0.15, -0.1) is 0 Å². The summed E-state index contributed by atoms with van der Waals surface area (Å²) in [7, 11) is 0. The van der Waals surface area contributed by atoms with Crippen LogP contribution >= 0.6 is 23.4 Å². The average Bonchev–Trinajstić information content (AvgIpc) is 2.85. The Morgan fingerprint density at radius 3 is 2.67 bits per heavy atom. The molecule has 7 nitrogen and oxygen atoms in total. The van der Waals surface area contributed by atoms with Gasteiger partial charge in [0.15, 0.2) is 0 Å². The van der Waals surface area contributed by atoms with Gasteiger partial charge in [-0.25, -0.2) is 4.79 Å². The van der Waals surface area contributed by atoms with Gasteiger partial charge < -0.3 is 10.1 Å². The molecule has 2 aromatic rings. The van der Waals surface area contributed by atoms with Gasteiger partial charge in [-0.3, -0.25) is 14.3 Å². The smallest absolute Gasteiger partial charge is 0.379 e. The predicted octanol–water partition coefficient (Wildman–Crippen LogP) is 4.25. The van der Waals surface area contributed by atoms with Crippen molar-refractivity contribution in [2.75, 3.05) is 43.9 Å². The molecule has 0 unspecified atom stereocenters. The summed E-state index contributed by atoms with van der Waals surface area (Å²) in [4.78, 5) is 32.0. The number of hydrogen-bond donors (Lipinski definition) is 1. The van der Waals surface area contributed by atoms with Crippen LogP contribution in [0.4, 0.5) is 18.9 Å². The Morgan fingerprint density at radius 2 is 1.92 bits per heavy atom. The molecular weight excluding hydrogens is 517 g/mol. The molecular formula is C24H28ClF3N4O3S. The summed E-state index contributed by atoms with van der Waals surface area (Å²) in [5.41, 5.74) is 0.626. The zero-order valence-electron chi connectivity index (χ0n) is 19.7. The molecule has 1 N–H and O–H groups in total. The Hall–Kier alpha value is -2.08. The fourth-order valence-electron chi connectivity index (χ4n) is 4.49. The van der Waals surface area contributed by atoms with E-state index >= 15 is 0 Å². The van der Waals surface area contributed by atoms with Gasteiger partial charge in [0, 0.05) is 37.4 Å². The Labute approximate surface area is 216 Å². The lowest BCUT2D eigenvalue weighted by molar-refractivity contribution is -0.137. The highest BCUT2D eigenvalue weighted by molar-refractivity contribution is 8.00. The van der Waals surface area contributed by atoms with E-state index in [-0.39, 0.29) is 22.2 Å². The van der Waals surface area contributed by atoms with Crippen LogP contribution in [0.5, 0.6) is 0 Å². The average molecular weight is 545 g/mol. The topological polar surface area (TPSA) is 76.5 Å². The van der Waals surface area contributed by atoms with Crippen molar-refractivity contribution in [2.24, 2.45) is 0 Å². The van der Waals surface area contributed by atoms with Gasteiger partial charge in [-0.2, -0.15) is 18.2 Å². The molecule has 4 rings (SSSR count). The molecule has 0 radical (unpaired) electrons. The maximum absolute atomic E-state index is 13.0. The number of amides is 1. The van der Waals surface area contributed by atoms with E-state index in [0.29, 0.717) is 11.6 Å². The summed E-state index contributed by atoms with van der Waals surface area (Å²) in [5.74, 6) is -0.630. The van der Waals surface area contributed by atoms with Crippen LogP contribution in [0.3, 0.4) is 0 Å². The summed E-state index contributed by atoms with van der Waals surface area (Å²) >= 11 is 7.10. The highest BCUT2D eigenvalue weighted by atomic mass is 35.5. The minimum absolute atomic E-state index is 0.0107. The van der Waals surface area contributed by atoms with Crippen molar-refractivity contribution in [3.8, 4) is 0 Å². The summed E-state index contributed by atoms with van der Waals surface area (Å²) in [6.45, 7) is 4.74. The first kappa shape index (κ1) is 27.0. The lowest BCUT2D eigenvalue weighted by atomic mass is 9.97. The summed E-state index contributed by atoms with van der Waals surface area (Å²) in [5, 5.41) is 2.97. The molecule has 0 spiro atoms. The Balaban J connectivity index is 1.42. The number of rotatable bonds is 8.